The van der Waals surface area contributed by atoms with Crippen LogP contribution in [0.4, 0.5) is 4.39 Å². The maximum absolute atomic E-state index is 13.8. The third-order valence-electron chi connectivity index (χ3n) is 4.69. The Morgan fingerprint density at radius 3 is 2.33 bits per heavy atom. The van der Waals surface area contributed by atoms with Gasteiger partial charge in [0.2, 0.25) is 0 Å². The van der Waals surface area contributed by atoms with E-state index in [1.54, 1.807) is 13.1 Å². The van der Waals surface area contributed by atoms with E-state index in [9.17, 15) is 4.39 Å². The lowest BCUT2D eigenvalue weighted by atomic mass is 9.82. The number of fused-ring (bicyclic) bond motifs is 1. The van der Waals surface area contributed by atoms with E-state index in [-0.39, 0.29) is 16.6 Å². The lowest BCUT2D eigenvalue weighted by Crippen LogP contribution is -2.17. The van der Waals surface area contributed by atoms with Gasteiger partial charge < -0.3 is 0 Å². The molecule has 1 aromatic carbocycles. The molecule has 0 saturated heterocycles. The lowest BCUT2D eigenvalue weighted by molar-refractivity contribution is 0.403. The zero-order valence-corrected chi connectivity index (χ0v) is 13.4. The maximum Gasteiger partial charge on any atom is 0.129 e. The summed E-state index contributed by atoms with van der Waals surface area (Å²) in [4.78, 5) is 4.38. The summed E-state index contributed by atoms with van der Waals surface area (Å²) in [6.07, 6.45) is 2.74. The predicted octanol–water partition coefficient (Wildman–Crippen LogP) is 5.16. The zero-order valence-electron chi connectivity index (χ0n) is 13.4. The number of nitrogens with zero attached hydrogens (tertiary/aromatic N) is 1. The van der Waals surface area contributed by atoms with Crippen LogP contribution in [0.1, 0.15) is 50.8 Å². The van der Waals surface area contributed by atoms with Crippen LogP contribution in [0.15, 0.2) is 30.5 Å². The Morgan fingerprint density at radius 1 is 1.00 bits per heavy atom. The molecule has 0 atom stereocenters. The van der Waals surface area contributed by atoms with E-state index in [4.69, 9.17) is 0 Å². The van der Waals surface area contributed by atoms with E-state index in [1.165, 1.54) is 17.2 Å². The Kier molecular flexibility index (Phi) is 2.98. The zero-order chi connectivity index (χ0) is 15.4. The Balaban J connectivity index is 2.14. The quantitative estimate of drug-likeness (QED) is 0.705. The number of aryl methyl sites for hydroxylation is 1. The standard InChI is InChI=1S/C19H22FN/c1-12-10-21-17(9-16(12)20)13-6-7-14-15(8-13)19(4,5)11-18(14,2)3/h6-10H,11H2,1-5H3. The second kappa shape index (κ2) is 4.40. The summed E-state index contributed by atoms with van der Waals surface area (Å²) >= 11 is 0. The summed E-state index contributed by atoms with van der Waals surface area (Å²) in [6, 6.07) is 7.99. The van der Waals surface area contributed by atoms with Crippen molar-refractivity contribution in [2.75, 3.05) is 0 Å². The molecule has 0 amide bonds. The number of halogens is 1. The van der Waals surface area contributed by atoms with Gasteiger partial charge in [0.25, 0.3) is 0 Å². The molecule has 0 saturated carbocycles. The smallest absolute Gasteiger partial charge is 0.129 e. The van der Waals surface area contributed by atoms with E-state index >= 15 is 0 Å². The average Bonchev–Trinajstić information content (AvgIpc) is 2.58. The van der Waals surface area contributed by atoms with Crippen LogP contribution in [-0.2, 0) is 10.8 Å². The lowest BCUT2D eigenvalue weighted by Gasteiger charge is -2.22. The van der Waals surface area contributed by atoms with E-state index < -0.39 is 0 Å². The van der Waals surface area contributed by atoms with E-state index in [0.717, 1.165) is 12.0 Å². The van der Waals surface area contributed by atoms with Gasteiger partial charge >= 0.3 is 0 Å². The van der Waals surface area contributed by atoms with Crippen molar-refractivity contribution >= 4 is 0 Å². The van der Waals surface area contributed by atoms with E-state index in [1.807, 2.05) is 0 Å². The Bertz CT molecular complexity index is 714. The molecule has 1 aliphatic rings. The molecule has 0 aliphatic heterocycles. The van der Waals surface area contributed by atoms with Crippen molar-refractivity contribution in [2.45, 2.75) is 51.9 Å². The fourth-order valence-corrected chi connectivity index (χ4v) is 3.81. The minimum atomic E-state index is -0.194. The van der Waals surface area contributed by atoms with Gasteiger partial charge in [0, 0.05) is 23.4 Å². The summed E-state index contributed by atoms with van der Waals surface area (Å²) in [5.41, 5.74) is 5.42. The van der Waals surface area contributed by atoms with Crippen LogP contribution < -0.4 is 0 Å². The first-order valence-electron chi connectivity index (χ1n) is 7.48. The van der Waals surface area contributed by atoms with Gasteiger partial charge in [0.1, 0.15) is 5.82 Å². The molecule has 2 aromatic rings. The number of hydrogen-bond acceptors (Lipinski definition) is 1. The van der Waals surface area contributed by atoms with Crippen LogP contribution in [-0.4, -0.2) is 4.98 Å². The average molecular weight is 283 g/mol. The number of benzene rings is 1. The molecule has 21 heavy (non-hydrogen) atoms. The first-order valence-corrected chi connectivity index (χ1v) is 7.48. The fourth-order valence-electron chi connectivity index (χ4n) is 3.81. The number of hydrogen-bond donors (Lipinski definition) is 0. The molecule has 1 aliphatic carbocycles. The highest BCUT2D eigenvalue weighted by Gasteiger charge is 2.41. The van der Waals surface area contributed by atoms with E-state index in [0.29, 0.717) is 11.3 Å². The first-order chi connectivity index (χ1) is 9.71. The summed E-state index contributed by atoms with van der Waals surface area (Å²) in [6.45, 7) is 10.9. The van der Waals surface area contributed by atoms with Crippen molar-refractivity contribution in [1.82, 2.24) is 4.98 Å². The predicted molar refractivity (Wildman–Crippen MR) is 85.0 cm³/mol. The number of aromatic nitrogens is 1. The van der Waals surface area contributed by atoms with Crippen LogP contribution in [0.2, 0.25) is 0 Å². The number of pyridine rings is 1. The third-order valence-corrected chi connectivity index (χ3v) is 4.69. The van der Waals surface area contributed by atoms with Crippen molar-refractivity contribution in [2.24, 2.45) is 0 Å². The molecule has 0 fully saturated rings. The van der Waals surface area contributed by atoms with Gasteiger partial charge in [0.05, 0.1) is 5.69 Å². The van der Waals surface area contributed by atoms with Crippen molar-refractivity contribution in [3.05, 3.63) is 53.0 Å². The molecule has 1 nitrogen and oxygen atoms in total. The summed E-state index contributed by atoms with van der Waals surface area (Å²) in [5, 5.41) is 0. The van der Waals surface area contributed by atoms with Gasteiger partial charge in [-0.05, 0) is 41.4 Å². The van der Waals surface area contributed by atoms with Crippen LogP contribution in [0.3, 0.4) is 0 Å². The second-order valence-electron chi connectivity index (χ2n) is 7.52. The van der Waals surface area contributed by atoms with Gasteiger partial charge in [-0.3, -0.25) is 4.98 Å². The highest BCUT2D eigenvalue weighted by Crippen LogP contribution is 2.50. The molecule has 0 N–H and O–H groups in total. The highest BCUT2D eigenvalue weighted by atomic mass is 19.1. The molecule has 2 heteroatoms. The van der Waals surface area contributed by atoms with Crippen LogP contribution in [0.5, 0.6) is 0 Å². The van der Waals surface area contributed by atoms with Crippen LogP contribution >= 0.6 is 0 Å². The van der Waals surface area contributed by atoms with Gasteiger partial charge in [0.15, 0.2) is 0 Å². The maximum atomic E-state index is 13.8. The summed E-state index contributed by atoms with van der Waals surface area (Å²) < 4.78 is 13.8. The monoisotopic (exact) mass is 283 g/mol. The van der Waals surface area contributed by atoms with Gasteiger partial charge in [-0.1, -0.05) is 39.8 Å². The molecular weight excluding hydrogens is 261 g/mol. The van der Waals surface area contributed by atoms with Crippen molar-refractivity contribution < 1.29 is 4.39 Å². The molecule has 1 heterocycles. The van der Waals surface area contributed by atoms with Crippen molar-refractivity contribution in [1.29, 1.82) is 0 Å². The van der Waals surface area contributed by atoms with Gasteiger partial charge in [-0.2, -0.15) is 0 Å². The molecule has 0 bridgehead atoms. The number of rotatable bonds is 1. The molecular formula is C19H22FN. The molecule has 110 valence electrons. The minimum absolute atomic E-state index is 0.151. The topological polar surface area (TPSA) is 12.9 Å². The first kappa shape index (κ1) is 14.2. The Morgan fingerprint density at radius 2 is 1.67 bits per heavy atom. The third kappa shape index (κ3) is 2.27. The summed E-state index contributed by atoms with van der Waals surface area (Å²) in [7, 11) is 0. The van der Waals surface area contributed by atoms with Crippen LogP contribution in [0, 0.1) is 12.7 Å². The SMILES string of the molecule is Cc1cnc(-c2ccc3c(c2)C(C)(C)CC3(C)C)cc1F. The summed E-state index contributed by atoms with van der Waals surface area (Å²) in [5.74, 6) is -0.194. The molecule has 1 aromatic heterocycles. The normalized spacial score (nSPS) is 18.6. The van der Waals surface area contributed by atoms with Crippen molar-refractivity contribution in [3.8, 4) is 11.3 Å². The largest absolute Gasteiger partial charge is 0.256 e. The molecule has 0 unspecified atom stereocenters. The minimum Gasteiger partial charge on any atom is -0.256 e. The second-order valence-corrected chi connectivity index (χ2v) is 7.52. The van der Waals surface area contributed by atoms with Gasteiger partial charge in [-0.25, -0.2) is 4.39 Å². The highest BCUT2D eigenvalue weighted by molar-refractivity contribution is 5.63. The Labute approximate surface area is 126 Å². The fraction of sp³-hybridized carbons (Fsp3) is 0.421. The van der Waals surface area contributed by atoms with E-state index in [2.05, 4.69) is 50.9 Å². The molecule has 3 rings (SSSR count). The van der Waals surface area contributed by atoms with Gasteiger partial charge in [-0.15, -0.1) is 0 Å². The van der Waals surface area contributed by atoms with Crippen LogP contribution in [0.25, 0.3) is 11.3 Å². The molecule has 0 spiro atoms. The molecule has 0 radical (unpaired) electrons. The van der Waals surface area contributed by atoms with Crippen molar-refractivity contribution in [3.63, 3.8) is 0 Å². The Hall–Kier alpha value is -1.70.